The summed E-state index contributed by atoms with van der Waals surface area (Å²) in [5, 5.41) is 0. The van der Waals surface area contributed by atoms with Crippen molar-refractivity contribution in [2.75, 3.05) is 0 Å². The quantitative estimate of drug-likeness (QED) is 0.640. The van der Waals surface area contributed by atoms with Crippen molar-refractivity contribution in [1.82, 2.24) is 9.38 Å². The Hall–Kier alpha value is -1.99. The SMILES string of the molecule is Cc1cc(C(=O)OCc2cc(=O)n3cc(Br)ccc3n2)c(C)s1. The van der Waals surface area contributed by atoms with Gasteiger partial charge in [-0.25, -0.2) is 9.78 Å². The summed E-state index contributed by atoms with van der Waals surface area (Å²) in [6, 6.07) is 6.71. The zero-order valence-electron chi connectivity index (χ0n) is 12.5. The molecule has 0 unspecified atom stereocenters. The summed E-state index contributed by atoms with van der Waals surface area (Å²) in [6.07, 6.45) is 1.65. The number of hydrogen-bond donors (Lipinski definition) is 0. The van der Waals surface area contributed by atoms with E-state index in [1.807, 2.05) is 19.9 Å². The van der Waals surface area contributed by atoms with E-state index in [9.17, 15) is 9.59 Å². The van der Waals surface area contributed by atoms with Gasteiger partial charge in [0.2, 0.25) is 0 Å². The van der Waals surface area contributed by atoms with Crippen LogP contribution in [-0.2, 0) is 11.3 Å². The Morgan fingerprint density at radius 2 is 2.13 bits per heavy atom. The summed E-state index contributed by atoms with van der Waals surface area (Å²) < 4.78 is 7.50. The zero-order chi connectivity index (χ0) is 16.6. The Balaban J connectivity index is 1.82. The number of aromatic nitrogens is 2. The molecule has 3 rings (SSSR count). The molecule has 0 amide bonds. The van der Waals surface area contributed by atoms with Crippen molar-refractivity contribution >= 4 is 38.9 Å². The van der Waals surface area contributed by atoms with Gasteiger partial charge in [0, 0.05) is 26.5 Å². The molecule has 0 bridgehead atoms. The lowest BCUT2D eigenvalue weighted by molar-refractivity contribution is 0.0467. The van der Waals surface area contributed by atoms with E-state index in [2.05, 4.69) is 20.9 Å². The van der Waals surface area contributed by atoms with E-state index in [1.54, 1.807) is 29.7 Å². The highest BCUT2D eigenvalue weighted by Gasteiger charge is 2.14. The summed E-state index contributed by atoms with van der Waals surface area (Å²) in [7, 11) is 0. The predicted octanol–water partition coefficient (Wildman–Crippen LogP) is 3.49. The molecule has 0 saturated heterocycles. The Morgan fingerprint density at radius 3 is 2.83 bits per heavy atom. The number of nitrogens with zero attached hydrogens (tertiary/aromatic N) is 2. The van der Waals surface area contributed by atoms with E-state index in [0.717, 1.165) is 14.2 Å². The smallest absolute Gasteiger partial charge is 0.339 e. The molecule has 23 heavy (non-hydrogen) atoms. The topological polar surface area (TPSA) is 60.7 Å². The van der Waals surface area contributed by atoms with E-state index < -0.39 is 5.97 Å². The van der Waals surface area contributed by atoms with Gasteiger partial charge in [0.25, 0.3) is 5.56 Å². The van der Waals surface area contributed by atoms with Crippen LogP contribution in [0, 0.1) is 13.8 Å². The maximum atomic E-state index is 12.1. The van der Waals surface area contributed by atoms with E-state index in [4.69, 9.17) is 4.74 Å². The molecule has 0 saturated carbocycles. The molecular formula is C16H13BrN2O3S. The molecule has 3 aromatic rings. The van der Waals surface area contributed by atoms with Crippen LogP contribution in [0.15, 0.2) is 39.7 Å². The Kier molecular flexibility index (Phi) is 4.32. The molecule has 0 radical (unpaired) electrons. The van der Waals surface area contributed by atoms with E-state index >= 15 is 0 Å². The third-order valence-corrected chi connectivity index (χ3v) is 4.72. The molecule has 0 N–H and O–H groups in total. The van der Waals surface area contributed by atoms with E-state index in [-0.39, 0.29) is 12.2 Å². The standard InChI is InChI=1S/C16H13BrN2O3S/c1-9-5-13(10(2)23-9)16(21)22-8-12-6-15(20)19-7-11(17)3-4-14(19)18-12/h3-7H,8H2,1-2H3. The summed E-state index contributed by atoms with van der Waals surface area (Å²) in [4.78, 5) is 30.5. The number of esters is 1. The Morgan fingerprint density at radius 1 is 1.35 bits per heavy atom. The van der Waals surface area contributed by atoms with Gasteiger partial charge in [-0.3, -0.25) is 9.20 Å². The molecule has 118 valence electrons. The summed E-state index contributed by atoms with van der Waals surface area (Å²) >= 11 is 4.86. The van der Waals surface area contributed by atoms with Crippen LogP contribution in [0.25, 0.3) is 5.65 Å². The number of hydrogen-bond acceptors (Lipinski definition) is 5. The molecule has 0 spiro atoms. The van der Waals surface area contributed by atoms with Crippen molar-refractivity contribution in [1.29, 1.82) is 0 Å². The number of carbonyl (C=O) groups is 1. The van der Waals surface area contributed by atoms with Crippen molar-refractivity contribution in [3.63, 3.8) is 0 Å². The Bertz CT molecular complexity index is 962. The van der Waals surface area contributed by atoms with Gasteiger partial charge in [-0.15, -0.1) is 11.3 Å². The van der Waals surface area contributed by atoms with Crippen LogP contribution in [0.2, 0.25) is 0 Å². The van der Waals surface area contributed by atoms with Crippen molar-refractivity contribution in [3.8, 4) is 0 Å². The van der Waals surface area contributed by atoms with Crippen molar-refractivity contribution in [2.45, 2.75) is 20.5 Å². The van der Waals surface area contributed by atoms with Crippen LogP contribution in [0.4, 0.5) is 0 Å². The number of halogens is 1. The normalized spacial score (nSPS) is 10.9. The average molecular weight is 393 g/mol. The maximum Gasteiger partial charge on any atom is 0.339 e. The fourth-order valence-electron chi connectivity index (χ4n) is 2.25. The summed E-state index contributed by atoms with van der Waals surface area (Å²) in [5.41, 5.74) is 1.28. The molecule has 0 fully saturated rings. The zero-order valence-corrected chi connectivity index (χ0v) is 14.9. The molecule has 0 aliphatic rings. The van der Waals surface area contributed by atoms with Gasteiger partial charge in [-0.2, -0.15) is 0 Å². The largest absolute Gasteiger partial charge is 0.456 e. The van der Waals surface area contributed by atoms with Gasteiger partial charge in [0.1, 0.15) is 12.3 Å². The molecule has 0 aromatic carbocycles. The molecule has 0 aliphatic heterocycles. The van der Waals surface area contributed by atoms with Gasteiger partial charge in [-0.05, 0) is 48.0 Å². The second-order valence-corrected chi connectivity index (χ2v) is 7.44. The first kappa shape index (κ1) is 15.9. The van der Waals surface area contributed by atoms with Crippen molar-refractivity contribution < 1.29 is 9.53 Å². The second kappa shape index (κ2) is 6.25. The van der Waals surface area contributed by atoms with Gasteiger partial charge in [0.05, 0.1) is 11.3 Å². The van der Waals surface area contributed by atoms with Crippen LogP contribution < -0.4 is 5.56 Å². The number of ether oxygens (including phenoxy) is 1. The first-order valence-electron chi connectivity index (χ1n) is 6.86. The lowest BCUT2D eigenvalue weighted by Crippen LogP contribution is -2.16. The molecule has 5 nitrogen and oxygen atoms in total. The molecule has 3 aromatic heterocycles. The molecule has 0 atom stereocenters. The third kappa shape index (κ3) is 3.35. The molecule has 7 heteroatoms. The van der Waals surface area contributed by atoms with Crippen LogP contribution in [-0.4, -0.2) is 15.4 Å². The van der Waals surface area contributed by atoms with Crippen LogP contribution in [0.1, 0.15) is 25.8 Å². The first-order valence-corrected chi connectivity index (χ1v) is 8.47. The van der Waals surface area contributed by atoms with Gasteiger partial charge >= 0.3 is 5.97 Å². The van der Waals surface area contributed by atoms with E-state index in [1.165, 1.54) is 10.5 Å². The molecular weight excluding hydrogens is 380 g/mol. The van der Waals surface area contributed by atoms with Crippen LogP contribution >= 0.6 is 27.3 Å². The number of carbonyl (C=O) groups excluding carboxylic acids is 1. The van der Waals surface area contributed by atoms with E-state index in [0.29, 0.717) is 16.9 Å². The third-order valence-electron chi connectivity index (χ3n) is 3.29. The van der Waals surface area contributed by atoms with Gasteiger partial charge < -0.3 is 4.74 Å². The minimum atomic E-state index is -0.398. The maximum absolute atomic E-state index is 12.1. The lowest BCUT2D eigenvalue weighted by atomic mass is 10.2. The summed E-state index contributed by atoms with van der Waals surface area (Å²) in [6.45, 7) is 3.79. The number of fused-ring (bicyclic) bond motifs is 1. The van der Waals surface area contributed by atoms with Crippen LogP contribution in [0.3, 0.4) is 0 Å². The first-order chi connectivity index (χ1) is 10.9. The highest BCUT2D eigenvalue weighted by atomic mass is 79.9. The number of aryl methyl sites for hydroxylation is 2. The molecule has 0 aliphatic carbocycles. The van der Waals surface area contributed by atoms with Crippen molar-refractivity contribution in [3.05, 3.63) is 66.3 Å². The fourth-order valence-corrected chi connectivity index (χ4v) is 3.50. The highest BCUT2D eigenvalue weighted by Crippen LogP contribution is 2.21. The Labute approximate surface area is 144 Å². The minimum Gasteiger partial charge on any atom is -0.456 e. The van der Waals surface area contributed by atoms with Gasteiger partial charge in [-0.1, -0.05) is 0 Å². The summed E-state index contributed by atoms with van der Waals surface area (Å²) in [5.74, 6) is -0.398. The van der Waals surface area contributed by atoms with Gasteiger partial charge in [0.15, 0.2) is 0 Å². The second-order valence-electron chi connectivity index (χ2n) is 5.06. The lowest BCUT2D eigenvalue weighted by Gasteiger charge is -2.06. The monoisotopic (exact) mass is 392 g/mol. The number of rotatable bonds is 3. The predicted molar refractivity (Wildman–Crippen MR) is 92.1 cm³/mol. The van der Waals surface area contributed by atoms with Crippen LogP contribution in [0.5, 0.6) is 0 Å². The number of pyridine rings is 1. The minimum absolute atomic E-state index is 0.0328. The average Bonchev–Trinajstić information content (AvgIpc) is 2.84. The highest BCUT2D eigenvalue weighted by molar-refractivity contribution is 9.10. The number of thiophene rings is 1. The van der Waals surface area contributed by atoms with Crippen molar-refractivity contribution in [2.24, 2.45) is 0 Å². The fraction of sp³-hybridized carbons (Fsp3) is 0.188. The molecule has 3 heterocycles.